The van der Waals surface area contributed by atoms with Gasteiger partial charge in [0.15, 0.2) is 20.0 Å². The third-order valence-electron chi connectivity index (χ3n) is 7.69. The molecule has 0 N–H and O–H groups in total. The van der Waals surface area contributed by atoms with Gasteiger partial charge < -0.3 is 0 Å². The molecule has 0 aromatic carbocycles. The third kappa shape index (κ3) is 6.44. The SMILES string of the molecule is c1ccc(-c2cccc(-c3cccc(-c4nnc(-c5ccc(-c6nnc(-c7cccc(-c8cccc(-c9ccccn9)n8)n7)s6)s5)s4)n3)n2)nc1. The van der Waals surface area contributed by atoms with Gasteiger partial charge in [-0.15, -0.1) is 31.7 Å². The zero-order chi connectivity index (χ0) is 34.0. The van der Waals surface area contributed by atoms with Crippen LogP contribution in [0.3, 0.4) is 0 Å². The first-order chi connectivity index (χ1) is 25.2. The fourth-order valence-electron chi connectivity index (χ4n) is 5.28. The summed E-state index contributed by atoms with van der Waals surface area (Å²) in [5, 5.41) is 21.1. The molecule has 0 aliphatic rings. The van der Waals surface area contributed by atoms with Gasteiger partial charge in [0.25, 0.3) is 0 Å². The van der Waals surface area contributed by atoms with E-state index in [0.29, 0.717) is 0 Å². The van der Waals surface area contributed by atoms with Crippen molar-refractivity contribution in [2.75, 3.05) is 0 Å². The Balaban J connectivity index is 0.934. The van der Waals surface area contributed by atoms with E-state index in [1.54, 1.807) is 23.7 Å². The van der Waals surface area contributed by atoms with Crippen LogP contribution in [0.4, 0.5) is 0 Å². The molecule has 242 valence electrons. The average molecular weight is 715 g/mol. The Morgan fingerprint density at radius 1 is 0.275 bits per heavy atom. The lowest BCUT2D eigenvalue weighted by Crippen LogP contribution is -1.92. The van der Waals surface area contributed by atoms with Crippen LogP contribution in [0.15, 0.2) is 134 Å². The summed E-state index contributed by atoms with van der Waals surface area (Å²) in [5.41, 5.74) is 7.70. The third-order valence-corrected chi connectivity index (χ3v) is 11.0. The molecule has 0 atom stereocenters. The van der Waals surface area contributed by atoms with Crippen LogP contribution >= 0.6 is 34.0 Å². The Labute approximate surface area is 303 Å². The van der Waals surface area contributed by atoms with Crippen LogP contribution in [0.1, 0.15) is 0 Å². The summed E-state index contributed by atoms with van der Waals surface area (Å²) < 4.78 is 0. The first-order valence-electron chi connectivity index (χ1n) is 15.7. The molecular formula is C38H22N10S3. The number of pyridine rings is 6. The number of nitrogens with zero attached hydrogens (tertiary/aromatic N) is 10. The van der Waals surface area contributed by atoms with Gasteiger partial charge in [-0.25, -0.2) is 19.9 Å². The predicted molar refractivity (Wildman–Crippen MR) is 202 cm³/mol. The molecule has 0 aliphatic carbocycles. The highest BCUT2D eigenvalue weighted by atomic mass is 32.1. The standard InChI is InChI=1S/C38H22N10S3/c1-3-21-39-23(9-1)25-11-5-13-27(41-25)29-15-7-17-31(43-29)35-45-47-37(50-35)33-19-20-34(49-33)38-48-46-36(51-38)32-18-8-16-30(44-32)28-14-6-12-26(42-28)24-10-2-4-22-40-24/h1-22H. The van der Waals surface area contributed by atoms with Crippen molar-refractivity contribution in [3.63, 3.8) is 0 Å². The van der Waals surface area contributed by atoms with Crippen molar-refractivity contribution >= 4 is 34.0 Å². The summed E-state index contributed by atoms with van der Waals surface area (Å²) in [7, 11) is 0. The Kier molecular flexibility index (Phi) is 8.17. The van der Waals surface area contributed by atoms with Crippen molar-refractivity contribution in [1.29, 1.82) is 0 Å². The van der Waals surface area contributed by atoms with Gasteiger partial charge in [0.05, 0.1) is 55.3 Å². The molecule has 0 spiro atoms. The molecule has 0 fully saturated rings. The monoisotopic (exact) mass is 714 g/mol. The van der Waals surface area contributed by atoms with Gasteiger partial charge in [-0.2, -0.15) is 0 Å². The Morgan fingerprint density at radius 3 is 1.00 bits per heavy atom. The van der Waals surface area contributed by atoms with Crippen molar-refractivity contribution in [2.45, 2.75) is 0 Å². The van der Waals surface area contributed by atoms with Gasteiger partial charge in [0, 0.05) is 12.4 Å². The Morgan fingerprint density at radius 2 is 0.608 bits per heavy atom. The molecule has 9 aromatic heterocycles. The molecule has 10 nitrogen and oxygen atoms in total. The second-order valence-corrected chi connectivity index (χ2v) is 14.1. The fourth-order valence-corrected chi connectivity index (χ4v) is 8.01. The maximum atomic E-state index is 4.88. The first-order valence-corrected chi connectivity index (χ1v) is 18.2. The molecule has 51 heavy (non-hydrogen) atoms. The molecule has 0 amide bonds. The van der Waals surface area contributed by atoms with Crippen molar-refractivity contribution in [1.82, 2.24) is 50.3 Å². The highest BCUT2D eigenvalue weighted by molar-refractivity contribution is 7.27. The predicted octanol–water partition coefficient (Wildman–Crippen LogP) is 9.16. The van der Waals surface area contributed by atoms with Gasteiger partial charge in [0.2, 0.25) is 0 Å². The maximum absolute atomic E-state index is 4.88. The molecule has 0 bridgehead atoms. The lowest BCUT2D eigenvalue weighted by atomic mass is 10.2. The Hall–Kier alpha value is -6.28. The van der Waals surface area contributed by atoms with Crippen molar-refractivity contribution in [3.8, 4) is 86.7 Å². The molecule has 9 heterocycles. The summed E-state index contributed by atoms with van der Waals surface area (Å²) in [6, 6.07) is 39.1. The number of thiophene rings is 1. The largest absolute Gasteiger partial charge is 0.255 e. The first kappa shape index (κ1) is 30.8. The minimum atomic E-state index is 0.729. The summed E-state index contributed by atoms with van der Waals surface area (Å²) in [4.78, 5) is 30.2. The van der Waals surface area contributed by atoms with E-state index in [2.05, 4.69) is 30.4 Å². The molecule has 13 heteroatoms. The van der Waals surface area contributed by atoms with Gasteiger partial charge >= 0.3 is 0 Å². The van der Waals surface area contributed by atoms with Crippen LogP contribution in [-0.4, -0.2) is 50.3 Å². The molecular weight excluding hydrogens is 693 g/mol. The lowest BCUT2D eigenvalue weighted by Gasteiger charge is -2.05. The van der Waals surface area contributed by atoms with Gasteiger partial charge in [-0.3, -0.25) is 9.97 Å². The van der Waals surface area contributed by atoms with Crippen LogP contribution in [0.25, 0.3) is 86.7 Å². The summed E-state index contributed by atoms with van der Waals surface area (Å²) >= 11 is 4.59. The van der Waals surface area contributed by atoms with Crippen molar-refractivity contribution in [3.05, 3.63) is 134 Å². The second kappa shape index (κ2) is 13.6. The van der Waals surface area contributed by atoms with Gasteiger partial charge in [0.1, 0.15) is 11.4 Å². The zero-order valence-corrected chi connectivity index (χ0v) is 28.8. The van der Waals surface area contributed by atoms with Crippen LogP contribution in [0.2, 0.25) is 0 Å². The average Bonchev–Trinajstić information content (AvgIpc) is 4.01. The quantitative estimate of drug-likeness (QED) is 0.150. The molecule has 9 aromatic rings. The summed E-state index contributed by atoms with van der Waals surface area (Å²) in [6.07, 6.45) is 3.53. The topological polar surface area (TPSA) is 129 Å². The van der Waals surface area contributed by atoms with Crippen LogP contribution < -0.4 is 0 Å². The van der Waals surface area contributed by atoms with E-state index in [4.69, 9.17) is 19.9 Å². The van der Waals surface area contributed by atoms with E-state index in [9.17, 15) is 0 Å². The molecule has 9 rings (SSSR count). The lowest BCUT2D eigenvalue weighted by molar-refractivity contribution is 1.09. The van der Waals surface area contributed by atoms with E-state index >= 15 is 0 Å². The minimum absolute atomic E-state index is 0.729. The van der Waals surface area contributed by atoms with Crippen LogP contribution in [-0.2, 0) is 0 Å². The maximum Gasteiger partial charge on any atom is 0.166 e. The van der Waals surface area contributed by atoms with Crippen LogP contribution in [0, 0.1) is 0 Å². The molecule has 0 saturated carbocycles. The zero-order valence-electron chi connectivity index (χ0n) is 26.4. The molecule has 0 radical (unpaired) electrons. The number of aromatic nitrogens is 10. The summed E-state index contributed by atoms with van der Waals surface area (Å²) in [5.74, 6) is 0. The number of hydrogen-bond acceptors (Lipinski definition) is 13. The summed E-state index contributed by atoms with van der Waals surface area (Å²) in [6.45, 7) is 0. The van der Waals surface area contributed by atoms with Gasteiger partial charge in [-0.1, -0.05) is 59.1 Å². The number of rotatable bonds is 8. The highest BCUT2D eigenvalue weighted by Gasteiger charge is 2.17. The van der Waals surface area contributed by atoms with E-state index < -0.39 is 0 Å². The van der Waals surface area contributed by atoms with Crippen molar-refractivity contribution < 1.29 is 0 Å². The fraction of sp³-hybridized carbons (Fsp3) is 0. The van der Waals surface area contributed by atoms with E-state index in [1.165, 1.54) is 22.7 Å². The normalized spacial score (nSPS) is 11.1. The minimum Gasteiger partial charge on any atom is -0.255 e. The molecule has 0 unspecified atom stereocenters. The molecule has 0 aliphatic heterocycles. The number of hydrogen-bond donors (Lipinski definition) is 0. The highest BCUT2D eigenvalue weighted by Crippen LogP contribution is 2.39. The molecule has 0 saturated heterocycles. The van der Waals surface area contributed by atoms with E-state index in [-0.39, 0.29) is 0 Å². The van der Waals surface area contributed by atoms with Gasteiger partial charge in [-0.05, 0) is 84.9 Å². The van der Waals surface area contributed by atoms with Crippen molar-refractivity contribution in [2.24, 2.45) is 0 Å². The van der Waals surface area contributed by atoms with Crippen LogP contribution in [0.5, 0.6) is 0 Å². The Bertz CT molecular complexity index is 2440. The smallest absolute Gasteiger partial charge is 0.166 e. The van der Waals surface area contributed by atoms with E-state index in [0.717, 1.165) is 86.7 Å². The second-order valence-electron chi connectivity index (χ2n) is 11.1. The van der Waals surface area contributed by atoms with E-state index in [1.807, 2.05) is 121 Å².